The van der Waals surface area contributed by atoms with E-state index in [0.717, 1.165) is 12.8 Å². The maximum absolute atomic E-state index is 12.1. The fraction of sp³-hybridized carbons (Fsp3) is 0.867. The molecule has 8 heteroatoms. The fourth-order valence-electron chi connectivity index (χ4n) is 1.92. The van der Waals surface area contributed by atoms with E-state index in [2.05, 4.69) is 28.1 Å². The van der Waals surface area contributed by atoms with Crippen molar-refractivity contribution >= 4 is 36.2 Å². The second-order valence-electron chi connectivity index (χ2n) is 5.79. The molecule has 23 heavy (non-hydrogen) atoms. The zero-order chi connectivity index (χ0) is 17.7. The Morgan fingerprint density at radius 2 is 2.00 bits per heavy atom. The standard InChI is InChI=1S/C15H30N2O4S2/c1-4-5-12(21-20)9-23-10-13(15(19)16-6-7-22)17-14(18)8-11(2)3/h11-13,20,22H,4-10H2,1-3H3,(H,16,19)(H,17,18). The Hall–Kier alpha value is -0.440. The second kappa shape index (κ2) is 13.9. The van der Waals surface area contributed by atoms with E-state index >= 15 is 0 Å². The maximum Gasteiger partial charge on any atom is 0.243 e. The highest BCUT2D eigenvalue weighted by Gasteiger charge is 2.21. The van der Waals surface area contributed by atoms with E-state index in [0.29, 0.717) is 30.2 Å². The molecule has 0 heterocycles. The summed E-state index contributed by atoms with van der Waals surface area (Å²) in [6.45, 7) is 6.38. The molecule has 0 aliphatic heterocycles. The average molecular weight is 367 g/mol. The molecule has 2 unspecified atom stereocenters. The summed E-state index contributed by atoms with van der Waals surface area (Å²) in [5, 5.41) is 14.3. The van der Waals surface area contributed by atoms with Gasteiger partial charge in [0.05, 0.1) is 0 Å². The van der Waals surface area contributed by atoms with Crippen LogP contribution in [0.2, 0.25) is 0 Å². The SMILES string of the molecule is CCCC(CSCC(NC(=O)CC(C)C)C(=O)NCCS)OO. The van der Waals surface area contributed by atoms with Gasteiger partial charge in [-0.25, -0.2) is 4.89 Å². The molecular formula is C15H30N2O4S2. The molecule has 0 rings (SSSR count). The summed E-state index contributed by atoms with van der Waals surface area (Å²) >= 11 is 5.54. The van der Waals surface area contributed by atoms with Gasteiger partial charge < -0.3 is 10.6 Å². The molecule has 136 valence electrons. The molecule has 0 saturated carbocycles. The molecular weight excluding hydrogens is 336 g/mol. The molecule has 3 N–H and O–H groups in total. The van der Waals surface area contributed by atoms with Gasteiger partial charge in [0.1, 0.15) is 12.1 Å². The second-order valence-corrected chi connectivity index (χ2v) is 7.31. The zero-order valence-electron chi connectivity index (χ0n) is 14.2. The van der Waals surface area contributed by atoms with Gasteiger partial charge >= 0.3 is 0 Å². The minimum atomic E-state index is -0.591. The van der Waals surface area contributed by atoms with Crippen LogP contribution in [0.15, 0.2) is 0 Å². The zero-order valence-corrected chi connectivity index (χ0v) is 15.9. The molecule has 6 nitrogen and oxygen atoms in total. The summed E-state index contributed by atoms with van der Waals surface area (Å²) in [6.07, 6.45) is 1.79. The van der Waals surface area contributed by atoms with Crippen molar-refractivity contribution < 1.29 is 19.7 Å². The Labute approximate surface area is 148 Å². The Kier molecular flexibility index (Phi) is 13.7. The molecule has 0 aromatic carbocycles. The summed E-state index contributed by atoms with van der Waals surface area (Å²) in [5.74, 6) is 1.45. The third-order valence-electron chi connectivity index (χ3n) is 3.00. The van der Waals surface area contributed by atoms with Gasteiger partial charge in [-0.2, -0.15) is 24.4 Å². The van der Waals surface area contributed by atoms with Crippen molar-refractivity contribution in [2.24, 2.45) is 5.92 Å². The van der Waals surface area contributed by atoms with Crippen molar-refractivity contribution in [2.75, 3.05) is 23.8 Å². The topological polar surface area (TPSA) is 87.7 Å². The number of carbonyl (C=O) groups excluding carboxylic acids is 2. The molecule has 0 spiro atoms. The first-order valence-electron chi connectivity index (χ1n) is 8.00. The minimum absolute atomic E-state index is 0.130. The van der Waals surface area contributed by atoms with Gasteiger partial charge in [0.25, 0.3) is 0 Å². The highest BCUT2D eigenvalue weighted by atomic mass is 32.2. The molecule has 0 bridgehead atoms. The number of hydrogen-bond donors (Lipinski definition) is 4. The van der Waals surface area contributed by atoms with Crippen LogP contribution in [-0.4, -0.2) is 53.0 Å². The quantitative estimate of drug-likeness (QED) is 0.227. The van der Waals surface area contributed by atoms with Gasteiger partial charge in [0, 0.05) is 30.2 Å². The first-order valence-corrected chi connectivity index (χ1v) is 9.79. The molecule has 0 aliphatic carbocycles. The van der Waals surface area contributed by atoms with Gasteiger partial charge in [-0.05, 0) is 12.3 Å². The van der Waals surface area contributed by atoms with Gasteiger partial charge in [-0.3, -0.25) is 14.8 Å². The molecule has 0 fully saturated rings. The van der Waals surface area contributed by atoms with E-state index in [1.165, 1.54) is 11.8 Å². The average Bonchev–Trinajstić information content (AvgIpc) is 2.49. The number of thiol groups is 1. The lowest BCUT2D eigenvalue weighted by atomic mass is 10.1. The van der Waals surface area contributed by atoms with Gasteiger partial charge in [-0.15, -0.1) is 0 Å². The van der Waals surface area contributed by atoms with Crippen molar-refractivity contribution in [3.8, 4) is 0 Å². The number of amides is 2. The molecule has 0 aromatic heterocycles. The summed E-state index contributed by atoms with van der Waals surface area (Å²) in [5.41, 5.74) is 0. The van der Waals surface area contributed by atoms with Gasteiger partial charge in [-0.1, -0.05) is 27.2 Å². The molecule has 2 amide bonds. The Morgan fingerprint density at radius 1 is 1.30 bits per heavy atom. The van der Waals surface area contributed by atoms with Crippen LogP contribution in [0.25, 0.3) is 0 Å². The van der Waals surface area contributed by atoms with Crippen LogP contribution in [-0.2, 0) is 14.5 Å². The molecule has 0 aromatic rings. The van der Waals surface area contributed by atoms with Crippen molar-refractivity contribution in [3.63, 3.8) is 0 Å². The predicted octanol–water partition coefficient (Wildman–Crippen LogP) is 1.95. The summed E-state index contributed by atoms with van der Waals surface area (Å²) in [6, 6.07) is -0.591. The van der Waals surface area contributed by atoms with Gasteiger partial charge in [0.2, 0.25) is 11.8 Å². The first-order chi connectivity index (χ1) is 10.9. The third kappa shape index (κ3) is 11.7. The highest BCUT2D eigenvalue weighted by molar-refractivity contribution is 7.99. The molecule has 2 atom stereocenters. The predicted molar refractivity (Wildman–Crippen MR) is 98.0 cm³/mol. The molecule has 0 aliphatic rings. The van der Waals surface area contributed by atoms with E-state index in [9.17, 15) is 9.59 Å². The number of thioether (sulfide) groups is 1. The molecule has 0 saturated heterocycles. The van der Waals surface area contributed by atoms with Crippen molar-refractivity contribution in [2.45, 2.75) is 52.2 Å². The number of nitrogens with one attached hydrogen (secondary N) is 2. The van der Waals surface area contributed by atoms with Crippen LogP contribution >= 0.6 is 24.4 Å². The van der Waals surface area contributed by atoms with Crippen LogP contribution < -0.4 is 10.6 Å². The van der Waals surface area contributed by atoms with E-state index in [-0.39, 0.29) is 23.8 Å². The lowest BCUT2D eigenvalue weighted by molar-refractivity contribution is -0.273. The first kappa shape index (κ1) is 22.6. The Balaban J connectivity index is 4.46. The number of rotatable bonds is 13. The minimum Gasteiger partial charge on any atom is -0.353 e. The number of carbonyl (C=O) groups is 2. The third-order valence-corrected chi connectivity index (χ3v) is 4.40. The van der Waals surface area contributed by atoms with Crippen molar-refractivity contribution in [1.82, 2.24) is 10.6 Å². The normalized spacial score (nSPS) is 13.7. The monoisotopic (exact) mass is 366 g/mol. The van der Waals surface area contributed by atoms with Crippen LogP contribution in [0.3, 0.4) is 0 Å². The maximum atomic E-state index is 12.1. The summed E-state index contributed by atoms with van der Waals surface area (Å²) in [4.78, 5) is 28.5. The van der Waals surface area contributed by atoms with Crippen molar-refractivity contribution in [3.05, 3.63) is 0 Å². The summed E-state index contributed by atoms with van der Waals surface area (Å²) in [7, 11) is 0. The Morgan fingerprint density at radius 3 is 2.52 bits per heavy atom. The van der Waals surface area contributed by atoms with E-state index in [4.69, 9.17) is 5.26 Å². The Bertz CT molecular complexity index is 343. The van der Waals surface area contributed by atoms with Crippen LogP contribution in [0.5, 0.6) is 0 Å². The smallest absolute Gasteiger partial charge is 0.243 e. The lowest BCUT2D eigenvalue weighted by Crippen LogP contribution is -2.49. The van der Waals surface area contributed by atoms with Gasteiger partial charge in [0.15, 0.2) is 0 Å². The van der Waals surface area contributed by atoms with Crippen LogP contribution in [0, 0.1) is 5.92 Å². The highest BCUT2D eigenvalue weighted by Crippen LogP contribution is 2.12. The van der Waals surface area contributed by atoms with Crippen molar-refractivity contribution in [1.29, 1.82) is 0 Å². The number of hydrogen-bond acceptors (Lipinski definition) is 6. The van der Waals surface area contributed by atoms with E-state index in [1.807, 2.05) is 20.8 Å². The van der Waals surface area contributed by atoms with Crippen LogP contribution in [0.4, 0.5) is 0 Å². The largest absolute Gasteiger partial charge is 0.353 e. The fourth-order valence-corrected chi connectivity index (χ4v) is 3.12. The van der Waals surface area contributed by atoms with E-state index < -0.39 is 6.04 Å². The summed E-state index contributed by atoms with van der Waals surface area (Å²) < 4.78 is 0. The van der Waals surface area contributed by atoms with Crippen LogP contribution in [0.1, 0.15) is 40.0 Å². The lowest BCUT2D eigenvalue weighted by Gasteiger charge is -2.20. The molecule has 0 radical (unpaired) electrons. The van der Waals surface area contributed by atoms with E-state index in [1.54, 1.807) is 0 Å².